The molecule has 196 valence electrons. The summed E-state index contributed by atoms with van der Waals surface area (Å²) in [7, 11) is 0. The second-order valence-corrected chi connectivity index (χ2v) is 8.71. The van der Waals surface area contributed by atoms with Gasteiger partial charge in [-0.2, -0.15) is 0 Å². The smallest absolute Gasteiger partial charge is 0.410 e. The minimum Gasteiger partial charge on any atom is -0.461 e. The third-order valence-corrected chi connectivity index (χ3v) is 4.66. The van der Waals surface area contributed by atoms with Gasteiger partial charge in [-0.1, -0.05) is 25.3 Å². The number of amides is 1. The quantitative estimate of drug-likeness (QED) is 0.298. The number of nitrogens with zero attached hydrogens (tertiary/aromatic N) is 3. The van der Waals surface area contributed by atoms with Crippen LogP contribution in [0, 0.1) is 0 Å². The van der Waals surface area contributed by atoms with E-state index in [0.29, 0.717) is 39.3 Å². The Morgan fingerprint density at radius 2 is 1.26 bits per heavy atom. The molecule has 0 spiro atoms. The average molecular weight is 505 g/mol. The molecule has 2 aliphatic rings. The highest BCUT2D eigenvalue weighted by Crippen LogP contribution is 2.11. The van der Waals surface area contributed by atoms with Crippen LogP contribution in [0.15, 0.2) is 25.3 Å². The minimum absolute atomic E-state index is 0. The number of piperazine rings is 2. The molecule has 2 heterocycles. The highest BCUT2D eigenvalue weighted by Gasteiger charge is 2.26. The number of esters is 2. The molecule has 0 unspecified atom stereocenters. The van der Waals surface area contributed by atoms with E-state index in [0.717, 1.165) is 26.2 Å². The zero-order valence-electron chi connectivity index (χ0n) is 20.8. The Balaban J connectivity index is 0.000000676. The van der Waals surface area contributed by atoms with Crippen molar-refractivity contribution in [2.75, 3.05) is 78.7 Å². The number of carbonyl (C=O) groups is 3. The fourth-order valence-corrected chi connectivity index (χ4v) is 3.04. The van der Waals surface area contributed by atoms with Crippen LogP contribution >= 0.6 is 12.4 Å². The van der Waals surface area contributed by atoms with E-state index in [1.54, 1.807) is 17.1 Å². The first kappa shape index (κ1) is 31.9. The Hall–Kier alpha value is -2.14. The number of hydrogen-bond acceptors (Lipinski definition) is 9. The molecule has 2 saturated heterocycles. The second kappa shape index (κ2) is 17.3. The van der Waals surface area contributed by atoms with E-state index in [1.165, 1.54) is 0 Å². The summed E-state index contributed by atoms with van der Waals surface area (Å²) in [6.07, 6.45) is 2.82. The lowest BCUT2D eigenvalue weighted by atomic mass is 10.2. The maximum atomic E-state index is 11.9. The number of carbonyl (C=O) groups excluding carboxylic acids is 3. The van der Waals surface area contributed by atoms with Crippen LogP contribution < -0.4 is 5.32 Å². The Morgan fingerprint density at radius 3 is 1.68 bits per heavy atom. The molecule has 0 bridgehead atoms. The SMILES string of the molecule is C=CCOC(=O)CN1CCN(C(=O)OC(C)(C)C)CC1.C=CCOC(=O)CN1CCNCC1.Cl. The molecule has 10 nitrogen and oxygen atoms in total. The maximum absolute atomic E-state index is 11.9. The van der Waals surface area contributed by atoms with Crippen LogP contribution in [-0.2, 0) is 23.8 Å². The van der Waals surface area contributed by atoms with Gasteiger partial charge in [-0.3, -0.25) is 19.4 Å². The number of halogens is 1. The zero-order valence-corrected chi connectivity index (χ0v) is 21.6. The van der Waals surface area contributed by atoms with Crippen molar-refractivity contribution < 1.29 is 28.6 Å². The Morgan fingerprint density at radius 1 is 0.824 bits per heavy atom. The summed E-state index contributed by atoms with van der Waals surface area (Å²) in [5.74, 6) is -0.433. The zero-order chi connectivity index (χ0) is 24.7. The lowest BCUT2D eigenvalue weighted by Gasteiger charge is -2.35. The Bertz CT molecular complexity index is 642. The molecule has 0 aliphatic carbocycles. The van der Waals surface area contributed by atoms with Gasteiger partial charge in [-0.25, -0.2) is 4.79 Å². The Kier molecular flexibility index (Phi) is 16.2. The van der Waals surface area contributed by atoms with Gasteiger partial charge in [0.25, 0.3) is 0 Å². The lowest BCUT2D eigenvalue weighted by molar-refractivity contribution is -0.144. The van der Waals surface area contributed by atoms with Crippen molar-refractivity contribution in [3.05, 3.63) is 25.3 Å². The third kappa shape index (κ3) is 14.9. The van der Waals surface area contributed by atoms with Gasteiger partial charge in [0.15, 0.2) is 0 Å². The molecule has 0 aromatic heterocycles. The highest BCUT2D eigenvalue weighted by atomic mass is 35.5. The van der Waals surface area contributed by atoms with E-state index in [-0.39, 0.29) is 43.6 Å². The van der Waals surface area contributed by atoms with Crippen LogP contribution in [0.5, 0.6) is 0 Å². The first-order valence-electron chi connectivity index (χ1n) is 11.3. The molecule has 2 fully saturated rings. The van der Waals surface area contributed by atoms with Gasteiger partial charge in [-0.15, -0.1) is 12.4 Å². The number of hydrogen-bond donors (Lipinski definition) is 1. The molecule has 0 saturated carbocycles. The van der Waals surface area contributed by atoms with E-state index < -0.39 is 5.60 Å². The number of ether oxygens (including phenoxy) is 3. The lowest BCUT2D eigenvalue weighted by Crippen LogP contribution is -2.51. The average Bonchev–Trinajstić information content (AvgIpc) is 2.77. The van der Waals surface area contributed by atoms with Gasteiger partial charge in [0.1, 0.15) is 18.8 Å². The van der Waals surface area contributed by atoms with Gasteiger partial charge < -0.3 is 24.4 Å². The molecule has 0 aromatic carbocycles. The fourth-order valence-electron chi connectivity index (χ4n) is 3.04. The molecule has 1 amide bonds. The molecule has 1 N–H and O–H groups in total. The summed E-state index contributed by atoms with van der Waals surface area (Å²) in [4.78, 5) is 40.2. The van der Waals surface area contributed by atoms with Crippen LogP contribution in [-0.4, -0.2) is 117 Å². The minimum atomic E-state index is -0.483. The van der Waals surface area contributed by atoms with Gasteiger partial charge >= 0.3 is 18.0 Å². The van der Waals surface area contributed by atoms with Crippen LogP contribution in [0.3, 0.4) is 0 Å². The van der Waals surface area contributed by atoms with E-state index in [4.69, 9.17) is 14.2 Å². The molecular weight excluding hydrogens is 464 g/mol. The van der Waals surface area contributed by atoms with Crippen LogP contribution in [0.1, 0.15) is 20.8 Å². The predicted molar refractivity (Wildman–Crippen MR) is 133 cm³/mol. The number of rotatable bonds is 8. The summed E-state index contributed by atoms with van der Waals surface area (Å²) in [5.41, 5.74) is -0.483. The van der Waals surface area contributed by atoms with Crippen LogP contribution in [0.25, 0.3) is 0 Å². The molecule has 2 rings (SSSR count). The second-order valence-electron chi connectivity index (χ2n) is 8.71. The molecule has 34 heavy (non-hydrogen) atoms. The van der Waals surface area contributed by atoms with Gasteiger partial charge in [0.05, 0.1) is 13.1 Å². The topological polar surface area (TPSA) is 101 Å². The molecule has 0 radical (unpaired) electrons. The summed E-state index contributed by atoms with van der Waals surface area (Å²) in [5, 5.41) is 3.22. The standard InChI is InChI=1S/C14H24N2O4.C9H16N2O2.ClH/c1-5-10-19-12(17)11-15-6-8-16(9-7-15)13(18)20-14(2,3)4;1-2-7-13-9(12)8-11-5-3-10-4-6-11;/h5H,1,6-11H2,2-4H3;2,10H,1,3-8H2;1H. The van der Waals surface area contributed by atoms with Crippen molar-refractivity contribution in [3.63, 3.8) is 0 Å². The van der Waals surface area contributed by atoms with Crippen molar-refractivity contribution in [2.24, 2.45) is 0 Å². The van der Waals surface area contributed by atoms with Gasteiger partial charge in [-0.05, 0) is 20.8 Å². The summed E-state index contributed by atoms with van der Waals surface area (Å²) >= 11 is 0. The van der Waals surface area contributed by atoms with Gasteiger partial charge in [0.2, 0.25) is 0 Å². The van der Waals surface area contributed by atoms with Crippen molar-refractivity contribution in [1.82, 2.24) is 20.0 Å². The van der Waals surface area contributed by atoms with Gasteiger partial charge in [0, 0.05) is 52.4 Å². The number of nitrogens with one attached hydrogen (secondary N) is 1. The summed E-state index contributed by atoms with van der Waals surface area (Å²) < 4.78 is 15.1. The molecule has 0 aromatic rings. The van der Waals surface area contributed by atoms with E-state index in [1.807, 2.05) is 25.7 Å². The summed E-state index contributed by atoms with van der Waals surface area (Å²) in [6.45, 7) is 19.8. The molecular formula is C23H41ClN4O6. The van der Waals surface area contributed by atoms with E-state index in [2.05, 4.69) is 23.4 Å². The molecule has 11 heteroatoms. The largest absolute Gasteiger partial charge is 0.461 e. The Labute approximate surface area is 209 Å². The molecule has 0 atom stereocenters. The normalized spacial score (nSPS) is 16.7. The molecule has 2 aliphatic heterocycles. The van der Waals surface area contributed by atoms with E-state index >= 15 is 0 Å². The fraction of sp³-hybridized carbons (Fsp3) is 0.696. The monoisotopic (exact) mass is 504 g/mol. The van der Waals surface area contributed by atoms with Crippen molar-refractivity contribution >= 4 is 30.4 Å². The van der Waals surface area contributed by atoms with Crippen molar-refractivity contribution in [2.45, 2.75) is 26.4 Å². The van der Waals surface area contributed by atoms with Crippen LogP contribution in [0.4, 0.5) is 4.79 Å². The first-order valence-corrected chi connectivity index (χ1v) is 11.3. The predicted octanol–water partition coefficient (Wildman–Crippen LogP) is 1.31. The van der Waals surface area contributed by atoms with Crippen LogP contribution in [0.2, 0.25) is 0 Å². The third-order valence-electron chi connectivity index (χ3n) is 4.66. The maximum Gasteiger partial charge on any atom is 0.410 e. The van der Waals surface area contributed by atoms with Crippen molar-refractivity contribution in [3.8, 4) is 0 Å². The van der Waals surface area contributed by atoms with E-state index in [9.17, 15) is 14.4 Å². The highest BCUT2D eigenvalue weighted by molar-refractivity contribution is 5.85. The van der Waals surface area contributed by atoms with Crippen molar-refractivity contribution in [1.29, 1.82) is 0 Å². The first-order chi connectivity index (χ1) is 15.6. The summed E-state index contributed by atoms with van der Waals surface area (Å²) in [6, 6.07) is 0.